The number of piperidine rings is 1. The number of carbonyl (C=O) groups excluding carboxylic acids is 1. The molecule has 5 nitrogen and oxygen atoms in total. The monoisotopic (exact) mass is 395 g/mol. The van der Waals surface area contributed by atoms with Crippen molar-refractivity contribution in [1.29, 1.82) is 0 Å². The smallest absolute Gasteiger partial charge is 0.414 e. The van der Waals surface area contributed by atoms with Crippen LogP contribution in [-0.2, 0) is 4.74 Å². The molecule has 0 saturated carbocycles. The number of aromatic carboxylic acids is 1. The van der Waals surface area contributed by atoms with Crippen LogP contribution < -0.4 is 0 Å². The molecule has 24 heavy (non-hydrogen) atoms. The zero-order chi connectivity index (χ0) is 17.9. The van der Waals surface area contributed by atoms with Gasteiger partial charge in [-0.1, -0.05) is 28.1 Å². The van der Waals surface area contributed by atoms with Crippen LogP contribution in [0.15, 0.2) is 30.0 Å². The highest BCUT2D eigenvalue weighted by Crippen LogP contribution is 2.29. The molecule has 0 aromatic heterocycles. The van der Waals surface area contributed by atoms with E-state index in [1.807, 2.05) is 26.8 Å². The SMILES string of the molecule is CC(C)(C)OC(=O)N1CCC(Br)C/C1=C/c1ccc(C(=O)O)cc1. The minimum absolute atomic E-state index is 0.239. The first-order valence-electron chi connectivity index (χ1n) is 7.84. The molecule has 0 aliphatic carbocycles. The topological polar surface area (TPSA) is 66.8 Å². The summed E-state index contributed by atoms with van der Waals surface area (Å²) in [5, 5.41) is 8.96. The van der Waals surface area contributed by atoms with E-state index in [9.17, 15) is 9.59 Å². The van der Waals surface area contributed by atoms with Crippen molar-refractivity contribution in [3.63, 3.8) is 0 Å². The van der Waals surface area contributed by atoms with Crippen LogP contribution in [0.1, 0.15) is 49.5 Å². The number of hydrogen-bond acceptors (Lipinski definition) is 3. The molecule has 1 fully saturated rings. The number of ether oxygens (including phenoxy) is 1. The molecule has 1 aromatic rings. The van der Waals surface area contributed by atoms with Crippen molar-refractivity contribution in [2.45, 2.75) is 44.0 Å². The van der Waals surface area contributed by atoms with Crippen LogP contribution in [0.3, 0.4) is 0 Å². The molecule has 1 unspecified atom stereocenters. The van der Waals surface area contributed by atoms with E-state index in [0.717, 1.165) is 17.7 Å². The Morgan fingerprint density at radius 3 is 2.46 bits per heavy atom. The molecular weight excluding hydrogens is 374 g/mol. The highest BCUT2D eigenvalue weighted by Gasteiger charge is 2.29. The summed E-state index contributed by atoms with van der Waals surface area (Å²) in [7, 11) is 0. The Morgan fingerprint density at radius 1 is 1.29 bits per heavy atom. The quantitative estimate of drug-likeness (QED) is 0.747. The third kappa shape index (κ3) is 5.09. The molecule has 1 aromatic carbocycles. The van der Waals surface area contributed by atoms with Crippen LogP contribution in [-0.4, -0.2) is 39.0 Å². The fourth-order valence-corrected chi connectivity index (χ4v) is 2.97. The van der Waals surface area contributed by atoms with Crippen molar-refractivity contribution < 1.29 is 19.4 Å². The standard InChI is InChI=1S/C18H22BrNO4/c1-18(2,3)24-17(23)20-9-8-14(19)11-15(20)10-12-4-6-13(7-5-12)16(21)22/h4-7,10,14H,8-9,11H2,1-3H3,(H,21,22)/b15-10-. The summed E-state index contributed by atoms with van der Waals surface area (Å²) in [5.74, 6) is -0.956. The lowest BCUT2D eigenvalue weighted by molar-refractivity contribution is 0.0291. The molecule has 1 saturated heterocycles. The predicted molar refractivity (Wildman–Crippen MR) is 96.3 cm³/mol. The number of carboxylic acid groups (broad SMARTS) is 1. The van der Waals surface area contributed by atoms with Crippen LogP contribution in [0.4, 0.5) is 4.79 Å². The van der Waals surface area contributed by atoms with Gasteiger partial charge in [0.05, 0.1) is 5.56 Å². The van der Waals surface area contributed by atoms with Gasteiger partial charge >= 0.3 is 12.1 Å². The number of carboxylic acids is 1. The van der Waals surface area contributed by atoms with E-state index in [1.54, 1.807) is 29.2 Å². The Kier molecular flexibility index (Phi) is 5.70. The maximum Gasteiger partial charge on any atom is 0.414 e. The second-order valence-corrected chi connectivity index (χ2v) is 8.08. The van der Waals surface area contributed by atoms with Crippen LogP contribution in [0, 0.1) is 0 Å². The van der Waals surface area contributed by atoms with Gasteiger partial charge in [0.25, 0.3) is 0 Å². The molecule has 0 radical (unpaired) electrons. The van der Waals surface area contributed by atoms with Crippen LogP contribution in [0.25, 0.3) is 6.08 Å². The van der Waals surface area contributed by atoms with E-state index in [0.29, 0.717) is 17.8 Å². The summed E-state index contributed by atoms with van der Waals surface area (Å²) in [6.07, 6.45) is 3.12. The van der Waals surface area contributed by atoms with Crippen molar-refractivity contribution in [1.82, 2.24) is 4.90 Å². The van der Waals surface area contributed by atoms with Crippen molar-refractivity contribution in [3.05, 3.63) is 41.1 Å². The van der Waals surface area contributed by atoms with Crippen molar-refractivity contribution >= 4 is 34.1 Å². The first-order chi connectivity index (χ1) is 11.2. The van der Waals surface area contributed by atoms with Gasteiger partial charge in [0.1, 0.15) is 5.60 Å². The van der Waals surface area contributed by atoms with E-state index in [-0.39, 0.29) is 11.7 Å². The number of likely N-dealkylation sites (tertiary alicyclic amines) is 1. The van der Waals surface area contributed by atoms with Gasteiger partial charge in [-0.2, -0.15) is 0 Å². The van der Waals surface area contributed by atoms with Gasteiger partial charge in [0.15, 0.2) is 0 Å². The third-order valence-electron chi connectivity index (χ3n) is 3.55. The van der Waals surface area contributed by atoms with Crippen LogP contribution in [0.2, 0.25) is 0 Å². The summed E-state index contributed by atoms with van der Waals surface area (Å²) < 4.78 is 5.48. The van der Waals surface area contributed by atoms with Gasteiger partial charge in [0.2, 0.25) is 0 Å². The van der Waals surface area contributed by atoms with Gasteiger partial charge in [-0.05, 0) is 51.0 Å². The Balaban J connectivity index is 2.24. The molecule has 1 aliphatic heterocycles. The molecule has 1 amide bonds. The van der Waals surface area contributed by atoms with E-state index < -0.39 is 11.6 Å². The molecule has 0 bridgehead atoms. The molecule has 1 aliphatic rings. The highest BCUT2D eigenvalue weighted by atomic mass is 79.9. The first kappa shape index (κ1) is 18.5. The molecule has 1 heterocycles. The Morgan fingerprint density at radius 2 is 1.92 bits per heavy atom. The lowest BCUT2D eigenvalue weighted by atomic mass is 10.0. The predicted octanol–water partition coefficient (Wildman–Crippen LogP) is 4.52. The van der Waals surface area contributed by atoms with Crippen LogP contribution >= 0.6 is 15.9 Å². The Bertz CT molecular complexity index is 646. The summed E-state index contributed by atoms with van der Waals surface area (Å²) in [6.45, 7) is 6.12. The highest BCUT2D eigenvalue weighted by molar-refractivity contribution is 9.09. The van der Waals surface area contributed by atoms with E-state index in [1.165, 1.54) is 0 Å². The van der Waals surface area contributed by atoms with E-state index in [4.69, 9.17) is 9.84 Å². The molecule has 0 spiro atoms. The zero-order valence-electron chi connectivity index (χ0n) is 14.1. The number of rotatable bonds is 2. The maximum atomic E-state index is 12.4. The van der Waals surface area contributed by atoms with E-state index >= 15 is 0 Å². The summed E-state index contributed by atoms with van der Waals surface area (Å²) in [6, 6.07) is 6.59. The second-order valence-electron chi connectivity index (χ2n) is 6.78. The minimum atomic E-state index is -0.956. The summed E-state index contributed by atoms with van der Waals surface area (Å²) >= 11 is 3.61. The number of allylic oxidation sites excluding steroid dienone is 1. The van der Waals surface area contributed by atoms with Crippen molar-refractivity contribution in [2.75, 3.05) is 6.54 Å². The lowest BCUT2D eigenvalue weighted by Gasteiger charge is -2.34. The third-order valence-corrected chi connectivity index (χ3v) is 4.33. The maximum absolute atomic E-state index is 12.4. The molecule has 1 atom stereocenters. The number of alkyl halides is 1. The second kappa shape index (κ2) is 7.38. The lowest BCUT2D eigenvalue weighted by Crippen LogP contribution is -2.40. The number of amides is 1. The average molecular weight is 396 g/mol. The van der Waals surface area contributed by atoms with E-state index in [2.05, 4.69) is 15.9 Å². The molecular formula is C18H22BrNO4. The Hall–Kier alpha value is -1.82. The first-order valence-corrected chi connectivity index (χ1v) is 8.76. The molecule has 6 heteroatoms. The van der Waals surface area contributed by atoms with Gasteiger partial charge < -0.3 is 9.84 Å². The van der Waals surface area contributed by atoms with Gasteiger partial charge in [-0.3, -0.25) is 4.90 Å². The fourth-order valence-electron chi connectivity index (χ4n) is 2.43. The number of carbonyl (C=O) groups is 2. The number of nitrogens with zero attached hydrogens (tertiary/aromatic N) is 1. The summed E-state index contributed by atoms with van der Waals surface area (Å²) in [5.41, 5.74) is 1.41. The van der Waals surface area contributed by atoms with Crippen LogP contribution in [0.5, 0.6) is 0 Å². The molecule has 130 valence electrons. The average Bonchev–Trinajstić information content (AvgIpc) is 2.46. The number of hydrogen-bond donors (Lipinski definition) is 1. The normalized spacial score (nSPS) is 20.1. The van der Waals surface area contributed by atoms with Gasteiger partial charge in [-0.25, -0.2) is 9.59 Å². The summed E-state index contributed by atoms with van der Waals surface area (Å²) in [4.78, 5) is 25.3. The molecule has 2 rings (SSSR count). The Labute approximate surface area is 150 Å². The zero-order valence-corrected chi connectivity index (χ0v) is 15.7. The largest absolute Gasteiger partial charge is 0.478 e. The molecule has 1 N–H and O–H groups in total. The van der Waals surface area contributed by atoms with Crippen molar-refractivity contribution in [2.24, 2.45) is 0 Å². The van der Waals surface area contributed by atoms with Gasteiger partial charge in [-0.15, -0.1) is 0 Å². The van der Waals surface area contributed by atoms with Gasteiger partial charge in [0, 0.05) is 23.5 Å². The minimum Gasteiger partial charge on any atom is -0.478 e. The number of benzene rings is 1. The van der Waals surface area contributed by atoms with Crippen molar-refractivity contribution in [3.8, 4) is 0 Å². The fraction of sp³-hybridized carbons (Fsp3) is 0.444. The number of halogens is 1.